The quantitative estimate of drug-likeness (QED) is 0.688. The molecule has 1 fully saturated rings. The van der Waals surface area contributed by atoms with Crippen molar-refractivity contribution in [1.29, 1.82) is 0 Å². The predicted octanol–water partition coefficient (Wildman–Crippen LogP) is 1.36. The SMILES string of the molecule is NCc1ccc(C2(CC(F)(F)F)NN2)cc1. The van der Waals surface area contributed by atoms with E-state index in [1.165, 1.54) is 0 Å². The van der Waals surface area contributed by atoms with Crippen molar-refractivity contribution in [2.24, 2.45) is 5.73 Å². The molecule has 88 valence electrons. The zero-order valence-corrected chi connectivity index (χ0v) is 8.43. The topological polar surface area (TPSA) is 69.9 Å². The summed E-state index contributed by atoms with van der Waals surface area (Å²) < 4.78 is 37.0. The fourth-order valence-corrected chi connectivity index (χ4v) is 1.64. The summed E-state index contributed by atoms with van der Waals surface area (Å²) >= 11 is 0. The van der Waals surface area contributed by atoms with Crippen LogP contribution in [0.2, 0.25) is 0 Å². The Morgan fingerprint density at radius 1 is 1.12 bits per heavy atom. The molecular formula is C10H12F3N3. The van der Waals surface area contributed by atoms with Crippen LogP contribution in [-0.4, -0.2) is 6.18 Å². The lowest BCUT2D eigenvalue weighted by atomic mass is 9.99. The maximum absolute atomic E-state index is 12.3. The molecule has 0 radical (unpaired) electrons. The fourth-order valence-electron chi connectivity index (χ4n) is 1.64. The number of hydrogen-bond donors (Lipinski definition) is 3. The minimum Gasteiger partial charge on any atom is -0.326 e. The molecule has 3 nitrogen and oxygen atoms in total. The maximum Gasteiger partial charge on any atom is 0.392 e. The molecule has 1 saturated heterocycles. The van der Waals surface area contributed by atoms with E-state index >= 15 is 0 Å². The Kier molecular flexibility index (Phi) is 2.65. The standard InChI is InChI=1S/C10H12F3N3/c11-10(12,13)6-9(15-16-9)8-3-1-7(5-14)2-4-8/h1-4,15-16H,5-6,14H2. The van der Waals surface area contributed by atoms with Crippen LogP contribution in [0.3, 0.4) is 0 Å². The van der Waals surface area contributed by atoms with E-state index in [1.54, 1.807) is 24.3 Å². The summed E-state index contributed by atoms with van der Waals surface area (Å²) in [5, 5.41) is 0. The molecule has 1 aliphatic rings. The van der Waals surface area contributed by atoms with Crippen LogP contribution in [0.4, 0.5) is 13.2 Å². The third-order valence-corrected chi connectivity index (χ3v) is 2.57. The van der Waals surface area contributed by atoms with Gasteiger partial charge < -0.3 is 5.73 Å². The van der Waals surface area contributed by atoms with Crippen molar-refractivity contribution >= 4 is 0 Å². The van der Waals surface area contributed by atoms with Gasteiger partial charge in [0.25, 0.3) is 0 Å². The summed E-state index contributed by atoms with van der Waals surface area (Å²) in [7, 11) is 0. The maximum atomic E-state index is 12.3. The van der Waals surface area contributed by atoms with Gasteiger partial charge in [0.15, 0.2) is 0 Å². The molecule has 2 rings (SSSR count). The number of halogens is 3. The highest BCUT2D eigenvalue weighted by Gasteiger charge is 2.51. The largest absolute Gasteiger partial charge is 0.392 e. The van der Waals surface area contributed by atoms with Crippen LogP contribution in [0.1, 0.15) is 17.5 Å². The molecule has 1 aromatic carbocycles. The van der Waals surface area contributed by atoms with Crippen molar-refractivity contribution in [2.45, 2.75) is 24.8 Å². The Morgan fingerprint density at radius 3 is 2.06 bits per heavy atom. The van der Waals surface area contributed by atoms with Gasteiger partial charge in [0.05, 0.1) is 6.42 Å². The average molecular weight is 231 g/mol. The average Bonchev–Trinajstić information content (AvgIpc) is 2.96. The first kappa shape index (κ1) is 11.4. The van der Waals surface area contributed by atoms with E-state index < -0.39 is 18.3 Å². The summed E-state index contributed by atoms with van der Waals surface area (Å²) in [6, 6.07) is 6.77. The first-order chi connectivity index (χ1) is 7.45. The smallest absolute Gasteiger partial charge is 0.326 e. The van der Waals surface area contributed by atoms with Crippen LogP contribution < -0.4 is 16.6 Å². The number of rotatable bonds is 3. The molecule has 1 heterocycles. The molecule has 0 atom stereocenters. The van der Waals surface area contributed by atoms with E-state index in [0.29, 0.717) is 12.1 Å². The molecular weight excluding hydrogens is 219 g/mol. The number of nitrogens with one attached hydrogen (secondary N) is 2. The highest BCUT2D eigenvalue weighted by Crippen LogP contribution is 2.37. The molecule has 0 spiro atoms. The molecule has 6 heteroatoms. The molecule has 0 bridgehead atoms. The number of benzene rings is 1. The Morgan fingerprint density at radius 2 is 1.69 bits per heavy atom. The van der Waals surface area contributed by atoms with Gasteiger partial charge in [-0.2, -0.15) is 13.2 Å². The van der Waals surface area contributed by atoms with E-state index in [0.717, 1.165) is 5.56 Å². The van der Waals surface area contributed by atoms with Crippen molar-refractivity contribution in [1.82, 2.24) is 10.9 Å². The third-order valence-electron chi connectivity index (χ3n) is 2.57. The van der Waals surface area contributed by atoms with E-state index in [-0.39, 0.29) is 0 Å². The van der Waals surface area contributed by atoms with E-state index in [1.807, 2.05) is 0 Å². The zero-order chi connectivity index (χ0) is 11.8. The second-order valence-electron chi connectivity index (χ2n) is 3.85. The van der Waals surface area contributed by atoms with Crippen LogP contribution in [0.5, 0.6) is 0 Å². The molecule has 4 N–H and O–H groups in total. The van der Waals surface area contributed by atoms with E-state index in [9.17, 15) is 13.2 Å². The monoisotopic (exact) mass is 231 g/mol. The van der Waals surface area contributed by atoms with Crippen LogP contribution >= 0.6 is 0 Å². The van der Waals surface area contributed by atoms with Crippen LogP contribution in [-0.2, 0) is 12.2 Å². The molecule has 0 aromatic heterocycles. The summed E-state index contributed by atoms with van der Waals surface area (Å²) in [6.45, 7) is 0.382. The van der Waals surface area contributed by atoms with Crippen LogP contribution in [0.25, 0.3) is 0 Å². The molecule has 0 saturated carbocycles. The van der Waals surface area contributed by atoms with Gasteiger partial charge in [-0.1, -0.05) is 24.3 Å². The lowest BCUT2D eigenvalue weighted by molar-refractivity contribution is -0.142. The Labute approximate surface area is 90.8 Å². The summed E-state index contributed by atoms with van der Waals surface area (Å²) in [5.74, 6) is 0. The Hall–Kier alpha value is -1.11. The molecule has 1 aliphatic heterocycles. The van der Waals surface area contributed by atoms with Crippen LogP contribution in [0.15, 0.2) is 24.3 Å². The lowest BCUT2D eigenvalue weighted by Crippen LogP contribution is -2.24. The van der Waals surface area contributed by atoms with Crippen LogP contribution in [0, 0.1) is 0 Å². The van der Waals surface area contributed by atoms with Gasteiger partial charge in [-0.05, 0) is 11.1 Å². The van der Waals surface area contributed by atoms with Crippen molar-refractivity contribution in [2.75, 3.05) is 0 Å². The van der Waals surface area contributed by atoms with Gasteiger partial charge in [0.1, 0.15) is 5.66 Å². The summed E-state index contributed by atoms with van der Waals surface area (Å²) in [4.78, 5) is 0. The second kappa shape index (κ2) is 3.73. The first-order valence-electron chi connectivity index (χ1n) is 4.86. The van der Waals surface area contributed by atoms with Crippen molar-refractivity contribution in [3.8, 4) is 0 Å². The highest BCUT2D eigenvalue weighted by atomic mass is 19.4. The summed E-state index contributed by atoms with van der Waals surface area (Å²) in [5.41, 5.74) is 10.8. The van der Waals surface area contributed by atoms with Crippen molar-refractivity contribution in [3.63, 3.8) is 0 Å². The van der Waals surface area contributed by atoms with Crippen molar-refractivity contribution < 1.29 is 13.2 Å². The first-order valence-corrected chi connectivity index (χ1v) is 4.86. The Balaban J connectivity index is 2.17. The Bertz CT molecular complexity index is 368. The number of alkyl halides is 3. The van der Waals surface area contributed by atoms with Gasteiger partial charge in [0, 0.05) is 6.54 Å². The fraction of sp³-hybridized carbons (Fsp3) is 0.400. The molecule has 0 aliphatic carbocycles. The van der Waals surface area contributed by atoms with E-state index in [2.05, 4.69) is 10.9 Å². The van der Waals surface area contributed by atoms with Gasteiger partial charge in [0.2, 0.25) is 0 Å². The molecule has 16 heavy (non-hydrogen) atoms. The number of nitrogens with two attached hydrogens (primary N) is 1. The van der Waals surface area contributed by atoms with Crippen molar-refractivity contribution in [3.05, 3.63) is 35.4 Å². The second-order valence-corrected chi connectivity index (χ2v) is 3.85. The lowest BCUT2D eigenvalue weighted by Gasteiger charge is -2.15. The summed E-state index contributed by atoms with van der Waals surface area (Å²) in [6.07, 6.45) is -5.13. The molecule has 0 unspecified atom stereocenters. The van der Waals surface area contributed by atoms with E-state index in [4.69, 9.17) is 5.73 Å². The van der Waals surface area contributed by atoms with Gasteiger partial charge in [-0.15, -0.1) is 0 Å². The third kappa shape index (κ3) is 2.34. The number of hydrazine groups is 1. The zero-order valence-electron chi connectivity index (χ0n) is 8.43. The molecule has 1 aromatic rings. The molecule has 0 amide bonds. The minimum atomic E-state index is -4.21. The highest BCUT2D eigenvalue weighted by molar-refractivity contribution is 5.31. The normalized spacial score (nSPS) is 18.5. The minimum absolute atomic E-state index is 0.382. The van der Waals surface area contributed by atoms with Gasteiger partial charge in [-0.25, -0.2) is 10.9 Å². The number of hydrogen-bond acceptors (Lipinski definition) is 3. The van der Waals surface area contributed by atoms with Gasteiger partial charge in [-0.3, -0.25) is 0 Å². The van der Waals surface area contributed by atoms with Gasteiger partial charge >= 0.3 is 6.18 Å². The predicted molar refractivity (Wildman–Crippen MR) is 53.0 cm³/mol.